The predicted octanol–water partition coefficient (Wildman–Crippen LogP) is 3.32. The third kappa shape index (κ3) is 2.50. The van der Waals surface area contributed by atoms with Crippen molar-refractivity contribution in [3.8, 4) is 0 Å². The quantitative estimate of drug-likeness (QED) is 0.905. The minimum Gasteiger partial charge on any atom is -0.376 e. The Morgan fingerprint density at radius 1 is 1.53 bits per heavy atom. The van der Waals surface area contributed by atoms with Crippen molar-refractivity contribution in [2.24, 2.45) is 0 Å². The topological polar surface area (TPSA) is 39.1 Å². The standard InChI is InChI=1S/C15H25N3O/c1-3-5-11(2)12-10-15-16-8-7-13(18(15)17-12)14-6-4-9-19-14/h10-11,13-14,16H,3-9H2,1-2H3. The first-order valence-corrected chi connectivity index (χ1v) is 7.74. The molecule has 0 aliphatic carbocycles. The molecule has 1 aromatic heterocycles. The van der Waals surface area contributed by atoms with Crippen LogP contribution in [0.15, 0.2) is 6.07 Å². The lowest BCUT2D eigenvalue weighted by Crippen LogP contribution is -2.31. The molecule has 2 aliphatic rings. The molecule has 3 atom stereocenters. The number of hydrogen-bond donors (Lipinski definition) is 1. The summed E-state index contributed by atoms with van der Waals surface area (Å²) in [5.74, 6) is 1.74. The van der Waals surface area contributed by atoms with Crippen LogP contribution in [0.25, 0.3) is 0 Å². The van der Waals surface area contributed by atoms with Gasteiger partial charge in [0.25, 0.3) is 0 Å². The molecule has 0 aromatic carbocycles. The molecule has 1 fully saturated rings. The molecule has 2 aliphatic heterocycles. The Morgan fingerprint density at radius 3 is 3.16 bits per heavy atom. The molecule has 0 spiro atoms. The summed E-state index contributed by atoms with van der Waals surface area (Å²) in [7, 11) is 0. The Hall–Kier alpha value is -1.03. The molecule has 3 unspecified atom stereocenters. The molecule has 4 heteroatoms. The molecular formula is C15H25N3O. The molecule has 1 N–H and O–H groups in total. The van der Waals surface area contributed by atoms with Gasteiger partial charge in [0.15, 0.2) is 0 Å². The molecule has 1 saturated heterocycles. The van der Waals surface area contributed by atoms with E-state index in [4.69, 9.17) is 9.84 Å². The van der Waals surface area contributed by atoms with E-state index in [2.05, 4.69) is 29.9 Å². The minimum atomic E-state index is 0.370. The van der Waals surface area contributed by atoms with Gasteiger partial charge < -0.3 is 10.1 Å². The fourth-order valence-electron chi connectivity index (χ4n) is 3.34. The van der Waals surface area contributed by atoms with Gasteiger partial charge in [-0.25, -0.2) is 4.68 Å². The van der Waals surface area contributed by atoms with Crippen LogP contribution >= 0.6 is 0 Å². The summed E-state index contributed by atoms with van der Waals surface area (Å²) in [6.07, 6.45) is 6.30. The van der Waals surface area contributed by atoms with Crippen molar-refractivity contribution in [1.29, 1.82) is 0 Å². The van der Waals surface area contributed by atoms with E-state index in [0.29, 0.717) is 18.1 Å². The van der Waals surface area contributed by atoms with Crippen LogP contribution in [-0.2, 0) is 4.74 Å². The summed E-state index contributed by atoms with van der Waals surface area (Å²) in [4.78, 5) is 0. The first kappa shape index (κ1) is 13.0. The van der Waals surface area contributed by atoms with Gasteiger partial charge in [-0.2, -0.15) is 5.10 Å². The van der Waals surface area contributed by atoms with Gasteiger partial charge in [-0.05, 0) is 25.7 Å². The number of ether oxygens (including phenoxy) is 1. The lowest BCUT2D eigenvalue weighted by atomic mass is 10.0. The van der Waals surface area contributed by atoms with Gasteiger partial charge in [0.05, 0.1) is 17.8 Å². The van der Waals surface area contributed by atoms with Crippen LogP contribution in [0.1, 0.15) is 63.6 Å². The smallest absolute Gasteiger partial charge is 0.124 e. The Balaban J connectivity index is 1.82. The van der Waals surface area contributed by atoms with Crippen LogP contribution in [0.5, 0.6) is 0 Å². The van der Waals surface area contributed by atoms with Crippen LogP contribution in [0.2, 0.25) is 0 Å². The lowest BCUT2D eigenvalue weighted by molar-refractivity contribution is 0.0590. The largest absolute Gasteiger partial charge is 0.376 e. The number of rotatable bonds is 4. The molecule has 0 saturated carbocycles. The second-order valence-corrected chi connectivity index (χ2v) is 5.92. The summed E-state index contributed by atoms with van der Waals surface area (Å²) < 4.78 is 8.07. The molecule has 1 aromatic rings. The van der Waals surface area contributed by atoms with Gasteiger partial charge in [0, 0.05) is 25.1 Å². The number of nitrogens with one attached hydrogen (secondary N) is 1. The first-order chi connectivity index (χ1) is 9.29. The van der Waals surface area contributed by atoms with Crippen molar-refractivity contribution in [2.75, 3.05) is 18.5 Å². The van der Waals surface area contributed by atoms with E-state index in [0.717, 1.165) is 19.6 Å². The zero-order valence-corrected chi connectivity index (χ0v) is 12.1. The van der Waals surface area contributed by atoms with E-state index in [9.17, 15) is 0 Å². The van der Waals surface area contributed by atoms with Crippen LogP contribution < -0.4 is 5.32 Å². The van der Waals surface area contributed by atoms with E-state index in [1.807, 2.05) is 0 Å². The first-order valence-electron chi connectivity index (χ1n) is 7.74. The highest BCUT2D eigenvalue weighted by atomic mass is 16.5. The third-order valence-electron chi connectivity index (χ3n) is 4.44. The predicted molar refractivity (Wildman–Crippen MR) is 76.7 cm³/mol. The van der Waals surface area contributed by atoms with Crippen LogP contribution in [0.4, 0.5) is 5.82 Å². The Labute approximate surface area is 115 Å². The Kier molecular flexibility index (Phi) is 3.78. The molecule has 0 radical (unpaired) electrons. The second-order valence-electron chi connectivity index (χ2n) is 5.92. The molecule has 3 heterocycles. The van der Waals surface area contributed by atoms with Crippen molar-refractivity contribution < 1.29 is 4.74 Å². The number of anilines is 1. The molecular weight excluding hydrogens is 238 g/mol. The van der Waals surface area contributed by atoms with Crippen LogP contribution in [0.3, 0.4) is 0 Å². The summed E-state index contributed by atoms with van der Waals surface area (Å²) in [5, 5.41) is 8.35. The van der Waals surface area contributed by atoms with E-state index < -0.39 is 0 Å². The maximum atomic E-state index is 5.88. The SMILES string of the molecule is CCCC(C)c1cc2n(n1)C(C1CCCO1)CCN2. The average Bonchev–Trinajstić information content (AvgIpc) is 3.07. The molecule has 106 valence electrons. The molecule has 4 nitrogen and oxygen atoms in total. The van der Waals surface area contributed by atoms with Crippen molar-refractivity contribution in [3.63, 3.8) is 0 Å². The van der Waals surface area contributed by atoms with Crippen molar-refractivity contribution >= 4 is 5.82 Å². The summed E-state index contributed by atoms with van der Waals surface area (Å²) in [6.45, 7) is 6.47. The van der Waals surface area contributed by atoms with E-state index in [1.54, 1.807) is 0 Å². The highest BCUT2D eigenvalue weighted by molar-refractivity contribution is 5.40. The highest BCUT2D eigenvalue weighted by Crippen LogP contribution is 2.34. The Morgan fingerprint density at radius 2 is 2.42 bits per heavy atom. The fourth-order valence-corrected chi connectivity index (χ4v) is 3.34. The highest BCUT2D eigenvalue weighted by Gasteiger charge is 2.32. The normalized spacial score (nSPS) is 27.9. The maximum Gasteiger partial charge on any atom is 0.124 e. The third-order valence-corrected chi connectivity index (χ3v) is 4.44. The number of aromatic nitrogens is 2. The fraction of sp³-hybridized carbons (Fsp3) is 0.800. The summed E-state index contributed by atoms with van der Waals surface area (Å²) in [5.41, 5.74) is 1.23. The molecule has 0 amide bonds. The van der Waals surface area contributed by atoms with Gasteiger partial charge in [-0.15, -0.1) is 0 Å². The monoisotopic (exact) mass is 263 g/mol. The average molecular weight is 263 g/mol. The lowest BCUT2D eigenvalue weighted by Gasteiger charge is -2.29. The summed E-state index contributed by atoms with van der Waals surface area (Å²) in [6, 6.07) is 2.67. The maximum absolute atomic E-state index is 5.88. The van der Waals surface area contributed by atoms with Crippen LogP contribution in [0, 0.1) is 0 Å². The van der Waals surface area contributed by atoms with Gasteiger partial charge in [0.1, 0.15) is 5.82 Å². The molecule has 0 bridgehead atoms. The van der Waals surface area contributed by atoms with Gasteiger partial charge >= 0.3 is 0 Å². The number of nitrogens with zero attached hydrogens (tertiary/aromatic N) is 2. The second kappa shape index (κ2) is 5.53. The zero-order valence-electron chi connectivity index (χ0n) is 12.1. The van der Waals surface area contributed by atoms with Gasteiger partial charge in [-0.1, -0.05) is 20.3 Å². The van der Waals surface area contributed by atoms with Crippen molar-refractivity contribution in [2.45, 2.75) is 64.0 Å². The van der Waals surface area contributed by atoms with Crippen molar-refractivity contribution in [3.05, 3.63) is 11.8 Å². The van der Waals surface area contributed by atoms with E-state index in [-0.39, 0.29) is 0 Å². The number of fused-ring (bicyclic) bond motifs is 1. The van der Waals surface area contributed by atoms with Crippen LogP contribution in [-0.4, -0.2) is 29.0 Å². The Bertz CT molecular complexity index is 423. The molecule has 19 heavy (non-hydrogen) atoms. The van der Waals surface area contributed by atoms with Gasteiger partial charge in [0.2, 0.25) is 0 Å². The summed E-state index contributed by atoms with van der Waals surface area (Å²) >= 11 is 0. The zero-order chi connectivity index (χ0) is 13.2. The number of hydrogen-bond acceptors (Lipinski definition) is 3. The van der Waals surface area contributed by atoms with Crippen molar-refractivity contribution in [1.82, 2.24) is 9.78 Å². The van der Waals surface area contributed by atoms with E-state index in [1.165, 1.54) is 37.2 Å². The minimum absolute atomic E-state index is 0.370. The molecule has 3 rings (SSSR count). The van der Waals surface area contributed by atoms with E-state index >= 15 is 0 Å². The van der Waals surface area contributed by atoms with Gasteiger partial charge in [-0.3, -0.25) is 0 Å².